The molecule has 0 radical (unpaired) electrons. The number of ether oxygens (including phenoxy) is 1. The van der Waals surface area contributed by atoms with Crippen LogP contribution in [0.4, 0.5) is 0 Å². The average molecular weight is 836 g/mol. The molecular formula is C62H61NO. The van der Waals surface area contributed by atoms with E-state index in [4.69, 9.17) is 4.74 Å². The Morgan fingerprint density at radius 2 is 1.50 bits per heavy atom. The van der Waals surface area contributed by atoms with Crippen LogP contribution in [0.25, 0.3) is 17.7 Å². The maximum absolute atomic E-state index is 6.76. The zero-order valence-electron chi connectivity index (χ0n) is 37.3. The Morgan fingerprint density at radius 1 is 0.562 bits per heavy atom. The number of benzene rings is 1. The van der Waals surface area contributed by atoms with E-state index < -0.39 is 0 Å². The maximum Gasteiger partial charge on any atom is 0.127 e. The molecule has 2 heteroatoms. The van der Waals surface area contributed by atoms with Crippen LogP contribution in [0.1, 0.15) is 95.5 Å². The van der Waals surface area contributed by atoms with Crippen LogP contribution < -0.4 is 10.4 Å². The van der Waals surface area contributed by atoms with Gasteiger partial charge in [-0.3, -0.25) is 0 Å². The zero-order valence-corrected chi connectivity index (χ0v) is 37.3. The van der Waals surface area contributed by atoms with Crippen LogP contribution in [0.2, 0.25) is 0 Å². The van der Waals surface area contributed by atoms with Crippen molar-refractivity contribution < 1.29 is 4.74 Å². The lowest BCUT2D eigenvalue weighted by atomic mass is 9.78. The molecule has 6 atom stereocenters. The summed E-state index contributed by atoms with van der Waals surface area (Å²) in [7, 11) is 0. The van der Waals surface area contributed by atoms with Gasteiger partial charge in [-0.2, -0.15) is 0 Å². The Labute approximate surface area is 381 Å². The second-order valence-electron chi connectivity index (χ2n) is 19.6. The minimum absolute atomic E-state index is 0.120. The van der Waals surface area contributed by atoms with Gasteiger partial charge in [0.25, 0.3) is 0 Å². The van der Waals surface area contributed by atoms with E-state index in [1.807, 2.05) is 0 Å². The fraction of sp³-hybridized carbons (Fsp3) is 0.323. The van der Waals surface area contributed by atoms with Gasteiger partial charge in [0.1, 0.15) is 11.9 Å². The van der Waals surface area contributed by atoms with Gasteiger partial charge in [0, 0.05) is 35.1 Å². The van der Waals surface area contributed by atoms with Crippen molar-refractivity contribution in [3.63, 3.8) is 0 Å². The van der Waals surface area contributed by atoms with Crippen LogP contribution in [0.5, 0.6) is 0 Å². The first kappa shape index (κ1) is 39.7. The highest BCUT2D eigenvalue weighted by molar-refractivity contribution is 5.71. The molecule has 12 rings (SSSR count). The molecule has 320 valence electrons. The van der Waals surface area contributed by atoms with Crippen molar-refractivity contribution >= 4 is 17.7 Å². The molecule has 0 saturated heterocycles. The Balaban J connectivity index is 0.809. The highest BCUT2D eigenvalue weighted by atomic mass is 16.5. The lowest BCUT2D eigenvalue weighted by molar-refractivity contribution is 0.167. The first-order chi connectivity index (χ1) is 31.7. The molecular weight excluding hydrogens is 775 g/mol. The van der Waals surface area contributed by atoms with E-state index in [0.29, 0.717) is 23.7 Å². The molecule has 1 aromatic carbocycles. The summed E-state index contributed by atoms with van der Waals surface area (Å²) in [6, 6.07) is 7.16. The van der Waals surface area contributed by atoms with Crippen LogP contribution in [0, 0.1) is 23.7 Å². The molecule has 6 unspecified atom stereocenters. The van der Waals surface area contributed by atoms with Crippen molar-refractivity contribution in [3.05, 3.63) is 230 Å². The molecule has 1 aliphatic heterocycles. The van der Waals surface area contributed by atoms with Crippen LogP contribution in [0.15, 0.2) is 214 Å². The van der Waals surface area contributed by atoms with Gasteiger partial charge in [-0.1, -0.05) is 146 Å². The summed E-state index contributed by atoms with van der Waals surface area (Å²) in [5.74, 6) is 2.74. The number of hydrogen-bond donors (Lipinski definition) is 0. The standard InChI is InChI=1S/C62H61NO/c1-3-12-46(13-4-1)56-18-9-17-48-22-24-51(40-59(48)56)44-27-34-54(35-28-44)63(53-32-25-43(26-33-53)50-23-21-42-11-7-8-16-49(42)39-50)55-36-29-45(30-37-55)52-31-38-61-60(41-52)58-20-10-19-57(62(58)64-61)47-14-5-2-6-15-47/h1-3,5-7,9,11-12,14,17-19,22,25,27-29,31-32,34,36-41,45,47,51,54,60-61H,4,8,10,13,15-16,20-21,23-24,26,30,33,35H2. The minimum atomic E-state index is 0.120. The Kier molecular flexibility index (Phi) is 10.7. The maximum atomic E-state index is 6.76. The van der Waals surface area contributed by atoms with Crippen molar-refractivity contribution in [2.45, 2.75) is 102 Å². The van der Waals surface area contributed by atoms with Gasteiger partial charge in [-0.05, 0) is 174 Å². The van der Waals surface area contributed by atoms with E-state index in [9.17, 15) is 0 Å². The highest BCUT2D eigenvalue weighted by Gasteiger charge is 2.40. The Hall–Kier alpha value is -5.86. The third-order valence-electron chi connectivity index (χ3n) is 15.9. The molecule has 1 heterocycles. The van der Waals surface area contributed by atoms with Crippen molar-refractivity contribution in [3.8, 4) is 0 Å². The third-order valence-corrected chi connectivity index (χ3v) is 15.9. The topological polar surface area (TPSA) is 12.5 Å². The lowest BCUT2D eigenvalue weighted by Crippen LogP contribution is -2.35. The minimum Gasteiger partial charge on any atom is -0.485 e. The fourth-order valence-electron chi connectivity index (χ4n) is 12.4. The number of nitrogens with zero attached hydrogens (tertiary/aromatic N) is 1. The van der Waals surface area contributed by atoms with E-state index in [1.54, 1.807) is 22.3 Å². The number of rotatable bonds is 8. The predicted molar refractivity (Wildman–Crippen MR) is 266 cm³/mol. The smallest absolute Gasteiger partial charge is 0.127 e. The summed E-state index contributed by atoms with van der Waals surface area (Å²) in [6.07, 6.45) is 73.6. The van der Waals surface area contributed by atoms with E-state index in [2.05, 4.69) is 169 Å². The normalized spacial score (nSPS) is 29.9. The number of hydrogen-bond acceptors (Lipinski definition) is 2. The second kappa shape index (κ2) is 17.3. The van der Waals surface area contributed by atoms with E-state index in [-0.39, 0.29) is 12.1 Å². The van der Waals surface area contributed by atoms with Crippen LogP contribution in [-0.4, -0.2) is 17.0 Å². The zero-order chi connectivity index (χ0) is 42.4. The molecule has 0 fully saturated rings. The van der Waals surface area contributed by atoms with Gasteiger partial charge >= 0.3 is 0 Å². The first-order valence-electron chi connectivity index (χ1n) is 24.8. The summed E-state index contributed by atoms with van der Waals surface area (Å²) in [6.45, 7) is 0. The summed E-state index contributed by atoms with van der Waals surface area (Å²) >= 11 is 0. The summed E-state index contributed by atoms with van der Waals surface area (Å²) < 4.78 is 6.76. The van der Waals surface area contributed by atoms with Crippen LogP contribution in [-0.2, 0) is 4.74 Å². The average Bonchev–Trinajstić information content (AvgIpc) is 3.75. The Bertz CT molecular complexity index is 2830. The number of allylic oxidation sites excluding steroid dienone is 27. The SMILES string of the molecule is C1=CCCC(c2cccc3c2=CC(C2=CCC(N(C4=CCC(C5=CC6C7=C(OC6C=C5)C(C5C=CC=CC5)=CCC7)C=C4)C4=CC=C(C5=CC6=C(C=CCC6)CC5)CC4)C=C2)CC=3)=C1. The molecule has 1 aromatic rings. The molecule has 0 saturated carbocycles. The van der Waals surface area contributed by atoms with E-state index in [1.165, 1.54) is 80.3 Å². The molecule has 0 spiro atoms. The molecule has 0 amide bonds. The molecule has 64 heavy (non-hydrogen) atoms. The van der Waals surface area contributed by atoms with Gasteiger partial charge in [0.2, 0.25) is 0 Å². The number of fused-ring (bicyclic) bond motifs is 3. The van der Waals surface area contributed by atoms with E-state index in [0.717, 1.165) is 70.6 Å². The van der Waals surface area contributed by atoms with Crippen molar-refractivity contribution in [1.29, 1.82) is 0 Å². The van der Waals surface area contributed by atoms with Gasteiger partial charge in [-0.25, -0.2) is 0 Å². The summed E-state index contributed by atoms with van der Waals surface area (Å²) in [5.41, 5.74) is 17.8. The van der Waals surface area contributed by atoms with Crippen LogP contribution >= 0.6 is 0 Å². The largest absolute Gasteiger partial charge is 0.485 e. The van der Waals surface area contributed by atoms with Crippen molar-refractivity contribution in [1.82, 2.24) is 4.90 Å². The van der Waals surface area contributed by atoms with Crippen LogP contribution in [0.3, 0.4) is 0 Å². The quantitative estimate of drug-likeness (QED) is 0.259. The monoisotopic (exact) mass is 835 g/mol. The summed E-state index contributed by atoms with van der Waals surface area (Å²) in [5, 5.41) is 2.81. The lowest BCUT2D eigenvalue weighted by Gasteiger charge is -2.38. The fourth-order valence-corrected chi connectivity index (χ4v) is 12.4. The molecule has 0 N–H and O–H groups in total. The van der Waals surface area contributed by atoms with Gasteiger partial charge in [0.05, 0.1) is 6.04 Å². The molecule has 11 aliphatic rings. The van der Waals surface area contributed by atoms with E-state index >= 15 is 0 Å². The second-order valence-corrected chi connectivity index (χ2v) is 19.6. The molecule has 0 aromatic heterocycles. The predicted octanol–water partition coefficient (Wildman–Crippen LogP) is 13.6. The van der Waals surface area contributed by atoms with Gasteiger partial charge < -0.3 is 9.64 Å². The molecule has 0 bridgehead atoms. The molecule has 2 nitrogen and oxygen atoms in total. The highest BCUT2D eigenvalue weighted by Crippen LogP contribution is 2.48. The van der Waals surface area contributed by atoms with Crippen molar-refractivity contribution in [2.75, 3.05) is 0 Å². The first-order valence-corrected chi connectivity index (χ1v) is 24.8. The third kappa shape index (κ3) is 7.57. The Morgan fingerprint density at radius 3 is 2.34 bits per heavy atom. The van der Waals surface area contributed by atoms with Gasteiger partial charge in [-0.15, -0.1) is 0 Å². The molecule has 10 aliphatic carbocycles. The summed E-state index contributed by atoms with van der Waals surface area (Å²) in [4.78, 5) is 2.70. The van der Waals surface area contributed by atoms with Gasteiger partial charge in [0.15, 0.2) is 0 Å². The van der Waals surface area contributed by atoms with Crippen molar-refractivity contribution in [2.24, 2.45) is 23.7 Å².